The zero-order valence-corrected chi connectivity index (χ0v) is 4.49. The Labute approximate surface area is 54.3 Å². The van der Waals surface area contributed by atoms with E-state index in [2.05, 4.69) is 0 Å². The van der Waals surface area contributed by atoms with Gasteiger partial charge in [0.15, 0.2) is 0 Å². The Morgan fingerprint density at radius 2 is 2.86 bits per heavy atom. The van der Waals surface area contributed by atoms with E-state index in [0.717, 1.165) is 0 Å². The Morgan fingerprint density at radius 1 is 2.14 bits per heavy atom. The molecule has 0 aromatic carbocycles. The van der Waals surface area contributed by atoms with Gasteiger partial charge in [0.2, 0.25) is 0 Å². The van der Waals surface area contributed by atoms with Crippen molar-refractivity contribution in [3.63, 3.8) is 0 Å². The molecule has 0 amide bonds. The third kappa shape index (κ3) is 5.96. The van der Waals surface area contributed by atoms with Crippen LogP contribution in [-0.2, 0) is 0 Å². The van der Waals surface area contributed by atoms with Crippen molar-refractivity contribution in [2.24, 2.45) is 5.73 Å². The van der Waals surface area contributed by atoms with Crippen molar-refractivity contribution in [1.82, 2.24) is 0 Å². The van der Waals surface area contributed by atoms with Crippen molar-refractivity contribution in [3.05, 3.63) is 0 Å². The number of rotatable bonds is 3. The molecule has 0 aromatic heterocycles. The van der Waals surface area contributed by atoms with Gasteiger partial charge in [0.25, 0.3) is 0 Å². The summed E-state index contributed by atoms with van der Waals surface area (Å²) in [5.74, 6) is 0. The van der Waals surface area contributed by atoms with Gasteiger partial charge >= 0.3 is 0 Å². The Kier molecular flexibility index (Phi) is 1.02. The van der Waals surface area contributed by atoms with Gasteiger partial charge in [-0.15, -0.1) is 0 Å². The zero-order chi connectivity index (χ0) is 10.9. The molecule has 1 unspecified atom stereocenters. The lowest BCUT2D eigenvalue weighted by Gasteiger charge is -1.99. The topological polar surface area (TPSA) is 26.0 Å². The van der Waals surface area contributed by atoms with Crippen molar-refractivity contribution in [3.8, 4) is 0 Å². The quantitative estimate of drug-likeness (QED) is 0.581. The van der Waals surface area contributed by atoms with Gasteiger partial charge in [-0.05, 0) is 13.2 Å². The summed E-state index contributed by atoms with van der Waals surface area (Å²) in [6.45, 7) is -1.08. The fourth-order valence-electron chi connectivity index (χ4n) is 0.260. The second-order valence-electron chi connectivity index (χ2n) is 1.34. The van der Waals surface area contributed by atoms with Crippen molar-refractivity contribution < 1.29 is 8.22 Å². The fraction of sp³-hybridized carbons (Fsp3) is 1.00. The summed E-state index contributed by atoms with van der Waals surface area (Å²) in [5, 5.41) is 0. The number of nitrogens with two attached hydrogens (primary N) is 1. The Hall–Kier alpha value is -0.0400. The van der Waals surface area contributed by atoms with E-state index in [1.165, 1.54) is 0 Å². The average molecular weight is 107 g/mol. The maximum Gasteiger partial charge on any atom is 0.0460 e. The van der Waals surface area contributed by atoms with Gasteiger partial charge in [0, 0.05) is 14.2 Å². The van der Waals surface area contributed by atoms with Gasteiger partial charge in [-0.3, -0.25) is 0 Å². The first-order valence-corrected chi connectivity index (χ1v) is 2.35. The van der Waals surface area contributed by atoms with Crippen molar-refractivity contribution in [2.45, 2.75) is 39.0 Å². The molecule has 0 bridgehead atoms. The van der Waals surface area contributed by atoms with Crippen molar-refractivity contribution >= 4 is 0 Å². The highest BCUT2D eigenvalue weighted by atomic mass is 14.6. The lowest BCUT2D eigenvalue weighted by atomic mass is 10.2. The van der Waals surface area contributed by atoms with Crippen LogP contribution in [0.25, 0.3) is 0 Å². The van der Waals surface area contributed by atoms with E-state index in [-0.39, 0.29) is 6.42 Å². The summed E-state index contributed by atoms with van der Waals surface area (Å²) in [4.78, 5) is 0. The first kappa shape index (κ1) is 1.73. The van der Waals surface area contributed by atoms with E-state index in [4.69, 9.17) is 14.0 Å². The molecule has 1 heteroatoms. The number of hydrogen-bond acceptors (Lipinski definition) is 1. The van der Waals surface area contributed by atoms with Crippen LogP contribution in [0.2, 0.25) is 0 Å². The molecular formula is C6H15N. The van der Waals surface area contributed by atoms with E-state index in [0.29, 0.717) is 6.42 Å². The maximum atomic E-state index is 7.38. The standard InChI is InChI=1S/C6H15N/c1-3-4-5-6(2)7/h6H,3-5,7H2,1-2H3/i2D3,5D2,6D. The molecule has 0 spiro atoms. The second-order valence-corrected chi connectivity index (χ2v) is 1.34. The summed E-state index contributed by atoms with van der Waals surface area (Å²) in [7, 11) is 0. The maximum absolute atomic E-state index is 7.38. The smallest absolute Gasteiger partial charge is 0.0460 e. The second kappa shape index (κ2) is 4.13. The van der Waals surface area contributed by atoms with Crippen LogP contribution in [0.3, 0.4) is 0 Å². The monoisotopic (exact) mass is 107 g/mol. The van der Waals surface area contributed by atoms with Crippen LogP contribution in [0.4, 0.5) is 0 Å². The molecule has 0 aliphatic carbocycles. The highest BCUT2D eigenvalue weighted by Crippen LogP contribution is 1.95. The predicted octanol–water partition coefficient (Wildman–Crippen LogP) is 1.52. The first-order valence-electron chi connectivity index (χ1n) is 5.35. The molecule has 7 heavy (non-hydrogen) atoms. The molecule has 2 N–H and O–H groups in total. The molecule has 0 aliphatic heterocycles. The van der Waals surface area contributed by atoms with Crippen LogP contribution in [0, 0.1) is 0 Å². The van der Waals surface area contributed by atoms with Gasteiger partial charge in [-0.1, -0.05) is 19.8 Å². The van der Waals surface area contributed by atoms with E-state index >= 15 is 0 Å². The van der Waals surface area contributed by atoms with E-state index in [1.807, 2.05) is 0 Å². The third-order valence-electron chi connectivity index (χ3n) is 0.565. The van der Waals surface area contributed by atoms with E-state index in [9.17, 15) is 0 Å². The summed E-state index contributed by atoms with van der Waals surface area (Å²) in [5.41, 5.74) is 5.19. The van der Waals surface area contributed by atoms with E-state index in [1.54, 1.807) is 6.92 Å². The molecule has 1 atom stereocenters. The Balaban J connectivity index is 4.81. The summed E-state index contributed by atoms with van der Waals surface area (Å²) < 4.78 is 42.9. The lowest BCUT2D eigenvalue weighted by Crippen LogP contribution is -2.13. The molecule has 0 aromatic rings. The normalized spacial score (nSPS) is 35.1. The van der Waals surface area contributed by atoms with Crippen LogP contribution in [0.1, 0.15) is 41.2 Å². The molecule has 0 radical (unpaired) electrons. The van der Waals surface area contributed by atoms with Crippen molar-refractivity contribution in [2.75, 3.05) is 0 Å². The molecule has 0 heterocycles. The average Bonchev–Trinajstić information content (AvgIpc) is 1.84. The molecule has 0 saturated carbocycles. The number of hydrogen-bond donors (Lipinski definition) is 1. The largest absolute Gasteiger partial charge is 0.328 e. The van der Waals surface area contributed by atoms with Crippen LogP contribution in [0.15, 0.2) is 0 Å². The fourth-order valence-corrected chi connectivity index (χ4v) is 0.260. The molecular weight excluding hydrogens is 86.1 g/mol. The molecule has 44 valence electrons. The highest BCUT2D eigenvalue weighted by Gasteiger charge is 1.88. The lowest BCUT2D eigenvalue weighted by molar-refractivity contribution is 0.616. The summed E-state index contributed by atoms with van der Waals surface area (Å²) in [6, 6.07) is -2.53. The third-order valence-corrected chi connectivity index (χ3v) is 0.565. The molecule has 0 aliphatic rings. The SMILES string of the molecule is [2H]C([2H])([2H])C([2H])(N)C([2H])([2H])CCC. The molecule has 0 fully saturated rings. The Bertz CT molecular complexity index is 172. The van der Waals surface area contributed by atoms with Crippen LogP contribution < -0.4 is 5.73 Å². The summed E-state index contributed by atoms with van der Waals surface area (Å²) in [6.07, 6.45) is -1.75. The van der Waals surface area contributed by atoms with Gasteiger partial charge in [0.05, 0.1) is 0 Å². The molecule has 0 rings (SSSR count). The minimum Gasteiger partial charge on any atom is -0.328 e. The predicted molar refractivity (Wildman–Crippen MR) is 33.2 cm³/mol. The highest BCUT2D eigenvalue weighted by molar-refractivity contribution is 4.50. The van der Waals surface area contributed by atoms with Crippen molar-refractivity contribution in [1.29, 1.82) is 0 Å². The van der Waals surface area contributed by atoms with Gasteiger partial charge in [-0.25, -0.2) is 0 Å². The van der Waals surface area contributed by atoms with Gasteiger partial charge < -0.3 is 5.73 Å². The molecule has 0 saturated heterocycles. The van der Waals surface area contributed by atoms with Gasteiger partial charge in [0.1, 0.15) is 0 Å². The minimum atomic E-state index is -2.80. The zero-order valence-electron chi connectivity index (χ0n) is 10.5. The van der Waals surface area contributed by atoms with Crippen LogP contribution in [-0.4, -0.2) is 6.02 Å². The van der Waals surface area contributed by atoms with E-state index < -0.39 is 19.2 Å². The molecule has 1 nitrogen and oxygen atoms in total. The van der Waals surface area contributed by atoms with Crippen LogP contribution >= 0.6 is 0 Å². The van der Waals surface area contributed by atoms with Gasteiger partial charge in [-0.2, -0.15) is 0 Å². The summed E-state index contributed by atoms with van der Waals surface area (Å²) >= 11 is 0. The van der Waals surface area contributed by atoms with Crippen LogP contribution in [0.5, 0.6) is 0 Å². The first-order chi connectivity index (χ1) is 5.56. The Morgan fingerprint density at radius 3 is 3.29 bits per heavy atom. The minimum absolute atomic E-state index is 0.0224.